The number of nitro benzene ring substituents is 1. The molecular weight excluding hydrogens is 348 g/mol. The largest absolute Gasteiger partial charge is 0.436 e. The molecule has 0 saturated carbocycles. The number of nitro groups is 1. The van der Waals surface area contributed by atoms with Gasteiger partial charge in [-0.25, -0.2) is 13.6 Å². The number of amides is 1. The van der Waals surface area contributed by atoms with Crippen molar-refractivity contribution in [3.8, 4) is 5.75 Å². The maximum absolute atomic E-state index is 13.3. The normalized spacial score (nSPS) is 15.9. The lowest BCUT2D eigenvalue weighted by molar-refractivity contribution is -0.384. The molecule has 0 saturated heterocycles. The van der Waals surface area contributed by atoms with Crippen molar-refractivity contribution in [3.63, 3.8) is 0 Å². The van der Waals surface area contributed by atoms with Gasteiger partial charge in [-0.15, -0.1) is 0 Å². The van der Waals surface area contributed by atoms with Crippen molar-refractivity contribution < 1.29 is 23.2 Å². The minimum Gasteiger partial charge on any atom is -0.409 e. The summed E-state index contributed by atoms with van der Waals surface area (Å²) >= 11 is 0. The van der Waals surface area contributed by atoms with Gasteiger partial charge >= 0.3 is 6.09 Å². The third-order valence-electron chi connectivity index (χ3n) is 3.76. The number of benzene rings is 2. The topological polar surface area (TPSA) is 85.0 Å². The molecule has 0 bridgehead atoms. The van der Waals surface area contributed by atoms with Crippen LogP contribution in [0.25, 0.3) is 0 Å². The second-order valence-electron chi connectivity index (χ2n) is 5.63. The Morgan fingerprint density at radius 3 is 2.50 bits per heavy atom. The van der Waals surface area contributed by atoms with Crippen LogP contribution in [0.2, 0.25) is 0 Å². The number of hydrogen-bond acceptors (Lipinski definition) is 5. The average Bonchev–Trinajstić information content (AvgIpc) is 3.02. The van der Waals surface area contributed by atoms with Gasteiger partial charge in [-0.1, -0.05) is 0 Å². The number of rotatable bonds is 4. The molecule has 134 valence electrons. The van der Waals surface area contributed by atoms with E-state index in [1.165, 1.54) is 42.6 Å². The van der Waals surface area contributed by atoms with Crippen LogP contribution in [0.15, 0.2) is 47.6 Å². The van der Waals surface area contributed by atoms with Crippen LogP contribution in [-0.4, -0.2) is 28.3 Å². The average molecular weight is 361 g/mol. The van der Waals surface area contributed by atoms with E-state index in [1.807, 2.05) is 0 Å². The molecule has 9 heteroatoms. The Balaban J connectivity index is 1.67. The highest BCUT2D eigenvalue weighted by molar-refractivity contribution is 5.75. The SMILES string of the molecule is O=C(Oc1ccc([N+](=O)[O-])cc1)N1N=CC[C@@H]1Cc1cc(F)cc(F)c1. The quantitative estimate of drug-likeness (QED) is 0.614. The van der Waals surface area contributed by atoms with Gasteiger partial charge in [-0.3, -0.25) is 10.1 Å². The Kier molecular flexibility index (Phi) is 4.87. The van der Waals surface area contributed by atoms with E-state index in [4.69, 9.17) is 4.74 Å². The van der Waals surface area contributed by atoms with E-state index in [2.05, 4.69) is 5.10 Å². The molecule has 0 N–H and O–H groups in total. The summed E-state index contributed by atoms with van der Waals surface area (Å²) in [5.74, 6) is -1.27. The molecule has 0 fully saturated rings. The third-order valence-corrected chi connectivity index (χ3v) is 3.76. The molecule has 3 rings (SSSR count). The molecule has 1 amide bonds. The highest BCUT2D eigenvalue weighted by Gasteiger charge is 2.29. The molecule has 2 aromatic carbocycles. The molecule has 1 aliphatic rings. The monoisotopic (exact) mass is 361 g/mol. The summed E-state index contributed by atoms with van der Waals surface area (Å²) in [5.41, 5.74) is 0.265. The zero-order valence-corrected chi connectivity index (χ0v) is 13.3. The minimum absolute atomic E-state index is 0.123. The summed E-state index contributed by atoms with van der Waals surface area (Å²) in [4.78, 5) is 22.3. The van der Waals surface area contributed by atoms with Gasteiger partial charge in [0.05, 0.1) is 11.0 Å². The minimum atomic E-state index is -0.783. The summed E-state index contributed by atoms with van der Waals surface area (Å²) in [5, 5.41) is 15.7. The van der Waals surface area contributed by atoms with Crippen molar-refractivity contribution in [3.05, 3.63) is 69.8 Å². The highest BCUT2D eigenvalue weighted by Crippen LogP contribution is 2.22. The van der Waals surface area contributed by atoms with Crippen molar-refractivity contribution in [2.24, 2.45) is 5.10 Å². The maximum atomic E-state index is 13.3. The lowest BCUT2D eigenvalue weighted by atomic mass is 10.0. The number of nitrogens with zero attached hydrogens (tertiary/aromatic N) is 3. The summed E-state index contributed by atoms with van der Waals surface area (Å²) < 4.78 is 31.8. The van der Waals surface area contributed by atoms with E-state index in [1.54, 1.807) is 0 Å². The maximum Gasteiger partial charge on any atom is 0.436 e. The number of carbonyl (C=O) groups excluding carboxylic acids is 1. The first-order valence-electron chi connectivity index (χ1n) is 7.65. The molecule has 0 aromatic heterocycles. The Bertz CT molecular complexity index is 851. The fourth-order valence-corrected chi connectivity index (χ4v) is 2.60. The first kappa shape index (κ1) is 17.5. The Morgan fingerprint density at radius 1 is 1.23 bits per heavy atom. The van der Waals surface area contributed by atoms with Crippen molar-refractivity contribution in [1.29, 1.82) is 0 Å². The second kappa shape index (κ2) is 7.26. The van der Waals surface area contributed by atoms with Gasteiger partial charge in [0.2, 0.25) is 0 Å². The molecule has 0 aliphatic carbocycles. The van der Waals surface area contributed by atoms with Crippen LogP contribution in [-0.2, 0) is 6.42 Å². The van der Waals surface area contributed by atoms with Crippen molar-refractivity contribution in [1.82, 2.24) is 5.01 Å². The van der Waals surface area contributed by atoms with Gasteiger partial charge in [0, 0.05) is 30.8 Å². The Labute approximate surface area is 146 Å². The number of hydrogen-bond donors (Lipinski definition) is 0. The lowest BCUT2D eigenvalue weighted by Crippen LogP contribution is -2.36. The van der Waals surface area contributed by atoms with Crippen molar-refractivity contribution >= 4 is 18.0 Å². The van der Waals surface area contributed by atoms with Crippen LogP contribution >= 0.6 is 0 Å². The Morgan fingerprint density at radius 2 is 1.88 bits per heavy atom. The number of ether oxygens (including phenoxy) is 1. The highest BCUT2D eigenvalue weighted by atomic mass is 19.1. The van der Waals surface area contributed by atoms with Gasteiger partial charge in [0.25, 0.3) is 5.69 Å². The van der Waals surface area contributed by atoms with Crippen LogP contribution in [0.4, 0.5) is 19.3 Å². The molecule has 1 atom stereocenters. The fourth-order valence-electron chi connectivity index (χ4n) is 2.60. The predicted octanol–water partition coefficient (Wildman–Crippen LogP) is 3.67. The first-order valence-corrected chi connectivity index (χ1v) is 7.65. The number of carbonyl (C=O) groups is 1. The van der Waals surface area contributed by atoms with E-state index in [0.29, 0.717) is 12.0 Å². The zero-order valence-electron chi connectivity index (χ0n) is 13.3. The summed E-state index contributed by atoms with van der Waals surface area (Å²) in [6.45, 7) is 0. The Hall–Kier alpha value is -3.36. The lowest BCUT2D eigenvalue weighted by Gasteiger charge is -2.21. The molecule has 26 heavy (non-hydrogen) atoms. The number of halogens is 2. The molecule has 0 spiro atoms. The smallest absolute Gasteiger partial charge is 0.409 e. The third kappa shape index (κ3) is 4.00. The van der Waals surface area contributed by atoms with Gasteiger partial charge < -0.3 is 4.74 Å². The van der Waals surface area contributed by atoms with E-state index in [0.717, 1.165) is 11.1 Å². The van der Waals surface area contributed by atoms with Crippen LogP contribution in [0, 0.1) is 21.7 Å². The molecule has 7 nitrogen and oxygen atoms in total. The van der Waals surface area contributed by atoms with Crippen LogP contribution in [0.3, 0.4) is 0 Å². The van der Waals surface area contributed by atoms with E-state index >= 15 is 0 Å². The zero-order chi connectivity index (χ0) is 18.7. The molecular formula is C17H13F2N3O4. The van der Waals surface area contributed by atoms with E-state index in [-0.39, 0.29) is 17.9 Å². The van der Waals surface area contributed by atoms with E-state index in [9.17, 15) is 23.7 Å². The number of non-ortho nitro benzene ring substituents is 1. The molecule has 0 unspecified atom stereocenters. The fraction of sp³-hybridized carbons (Fsp3) is 0.176. The van der Waals surface area contributed by atoms with Crippen molar-refractivity contribution in [2.45, 2.75) is 18.9 Å². The first-order chi connectivity index (χ1) is 12.4. The summed E-state index contributed by atoms with van der Waals surface area (Å²) in [6.07, 6.45) is 1.34. The second-order valence-corrected chi connectivity index (χ2v) is 5.63. The van der Waals surface area contributed by atoms with Gasteiger partial charge in [0.1, 0.15) is 17.4 Å². The number of hydrazone groups is 1. The molecule has 1 heterocycles. The van der Waals surface area contributed by atoms with Crippen molar-refractivity contribution in [2.75, 3.05) is 0 Å². The van der Waals surface area contributed by atoms with Gasteiger partial charge in [-0.2, -0.15) is 10.1 Å². The van der Waals surface area contributed by atoms with Gasteiger partial charge in [-0.05, 0) is 36.2 Å². The predicted molar refractivity (Wildman–Crippen MR) is 87.9 cm³/mol. The molecule has 1 aliphatic heterocycles. The van der Waals surface area contributed by atoms with Gasteiger partial charge in [0.15, 0.2) is 0 Å². The van der Waals surface area contributed by atoms with Crippen LogP contribution in [0.1, 0.15) is 12.0 Å². The summed E-state index contributed by atoms with van der Waals surface area (Å²) in [7, 11) is 0. The molecule has 2 aromatic rings. The molecule has 0 radical (unpaired) electrons. The van der Waals surface area contributed by atoms with Crippen LogP contribution in [0.5, 0.6) is 5.75 Å². The van der Waals surface area contributed by atoms with Crippen LogP contribution < -0.4 is 4.74 Å². The standard InChI is InChI=1S/C17H13F2N3O4/c18-12-7-11(8-13(19)10-12)9-15-5-6-20-21(15)17(23)26-16-3-1-14(2-4-16)22(24)25/h1-4,6-8,10,15H,5,9H2/t15-/m1/s1. The summed E-state index contributed by atoms with van der Waals surface area (Å²) in [6, 6.07) is 7.74. The van der Waals surface area contributed by atoms with E-state index < -0.39 is 28.7 Å².